The number of halogens is 2. The molecule has 26 heavy (non-hydrogen) atoms. The third-order valence-corrected chi connectivity index (χ3v) is 5.19. The van der Waals surface area contributed by atoms with E-state index in [0.29, 0.717) is 29.4 Å². The van der Waals surface area contributed by atoms with Gasteiger partial charge in [-0.1, -0.05) is 0 Å². The zero-order valence-corrected chi connectivity index (χ0v) is 17.8. The SMILES string of the molecule is COc1cc(Oc2c(I)cc(Cc3[nH]c(=O)[nH]c3O)cc2I)ccc1O. The number of aromatic nitrogens is 2. The molecule has 136 valence electrons. The summed E-state index contributed by atoms with van der Waals surface area (Å²) in [4.78, 5) is 16.1. The van der Waals surface area contributed by atoms with Gasteiger partial charge in [0.25, 0.3) is 0 Å². The molecule has 0 aliphatic rings. The van der Waals surface area contributed by atoms with Gasteiger partial charge in [-0.15, -0.1) is 0 Å². The molecule has 1 aromatic heterocycles. The second kappa shape index (κ2) is 7.78. The molecule has 0 saturated carbocycles. The Morgan fingerprint density at radius 1 is 1.08 bits per heavy atom. The number of aromatic hydroxyl groups is 2. The van der Waals surface area contributed by atoms with Crippen molar-refractivity contribution in [3.05, 3.63) is 59.2 Å². The Kier molecular flexibility index (Phi) is 5.65. The van der Waals surface area contributed by atoms with E-state index in [9.17, 15) is 15.0 Å². The van der Waals surface area contributed by atoms with Crippen molar-refractivity contribution in [1.29, 1.82) is 0 Å². The Bertz CT molecular complexity index is 990. The zero-order valence-electron chi connectivity index (χ0n) is 13.5. The zero-order chi connectivity index (χ0) is 18.8. The van der Waals surface area contributed by atoms with Crippen LogP contribution in [0.25, 0.3) is 0 Å². The highest BCUT2D eigenvalue weighted by Crippen LogP contribution is 2.36. The predicted octanol–water partition coefficient (Wildman–Crippen LogP) is 3.72. The summed E-state index contributed by atoms with van der Waals surface area (Å²) in [6.07, 6.45) is 0.379. The summed E-state index contributed by atoms with van der Waals surface area (Å²) in [5.74, 6) is 1.43. The molecule has 0 fully saturated rings. The number of hydrogen-bond acceptors (Lipinski definition) is 5. The summed E-state index contributed by atoms with van der Waals surface area (Å²) in [6.45, 7) is 0. The smallest absolute Gasteiger partial charge is 0.325 e. The van der Waals surface area contributed by atoms with Gasteiger partial charge < -0.3 is 24.7 Å². The summed E-state index contributed by atoms with van der Waals surface area (Å²) in [5, 5.41) is 19.4. The van der Waals surface area contributed by atoms with Gasteiger partial charge in [0.1, 0.15) is 5.75 Å². The van der Waals surface area contributed by atoms with Crippen molar-refractivity contribution in [3.63, 3.8) is 0 Å². The Labute approximate surface area is 175 Å². The van der Waals surface area contributed by atoms with Crippen LogP contribution in [0.15, 0.2) is 35.1 Å². The van der Waals surface area contributed by atoms with Gasteiger partial charge in [0.05, 0.1) is 19.9 Å². The van der Waals surface area contributed by atoms with E-state index in [1.54, 1.807) is 12.1 Å². The predicted molar refractivity (Wildman–Crippen MR) is 112 cm³/mol. The quantitative estimate of drug-likeness (QED) is 0.345. The number of hydrogen-bond donors (Lipinski definition) is 4. The van der Waals surface area contributed by atoms with E-state index in [1.807, 2.05) is 12.1 Å². The molecule has 0 saturated heterocycles. The van der Waals surface area contributed by atoms with Gasteiger partial charge in [-0.25, -0.2) is 4.79 Å². The molecule has 2 aromatic carbocycles. The first-order valence-electron chi connectivity index (χ1n) is 7.40. The molecule has 0 atom stereocenters. The van der Waals surface area contributed by atoms with Gasteiger partial charge in [0.15, 0.2) is 17.2 Å². The molecule has 0 amide bonds. The largest absolute Gasteiger partial charge is 0.504 e. The van der Waals surface area contributed by atoms with E-state index in [-0.39, 0.29) is 11.6 Å². The topological polar surface area (TPSA) is 108 Å². The number of benzene rings is 2. The molecule has 0 unspecified atom stereocenters. The highest BCUT2D eigenvalue weighted by Gasteiger charge is 2.14. The lowest BCUT2D eigenvalue weighted by Crippen LogP contribution is -2.01. The maximum atomic E-state index is 11.2. The maximum absolute atomic E-state index is 11.2. The van der Waals surface area contributed by atoms with Gasteiger partial charge in [-0.2, -0.15) is 0 Å². The first-order chi connectivity index (χ1) is 12.4. The van der Waals surface area contributed by atoms with Crippen molar-refractivity contribution in [2.75, 3.05) is 7.11 Å². The van der Waals surface area contributed by atoms with E-state index < -0.39 is 5.69 Å². The molecule has 4 N–H and O–H groups in total. The van der Waals surface area contributed by atoms with Crippen LogP contribution in [0, 0.1) is 7.14 Å². The number of ether oxygens (including phenoxy) is 2. The number of phenolic OH excluding ortho intramolecular Hbond substituents is 1. The van der Waals surface area contributed by atoms with Crippen molar-refractivity contribution >= 4 is 45.2 Å². The van der Waals surface area contributed by atoms with Crippen molar-refractivity contribution in [1.82, 2.24) is 9.97 Å². The fourth-order valence-corrected chi connectivity index (χ4v) is 4.51. The van der Waals surface area contributed by atoms with Gasteiger partial charge >= 0.3 is 5.69 Å². The Balaban J connectivity index is 1.88. The lowest BCUT2D eigenvalue weighted by atomic mass is 10.1. The summed E-state index contributed by atoms with van der Waals surface area (Å²) in [6, 6.07) is 8.60. The average molecular weight is 580 g/mol. The molecule has 9 heteroatoms. The van der Waals surface area contributed by atoms with Crippen LogP contribution in [0.3, 0.4) is 0 Å². The number of aromatic amines is 2. The highest BCUT2D eigenvalue weighted by molar-refractivity contribution is 14.1. The molecule has 0 spiro atoms. The number of phenols is 1. The number of methoxy groups -OCH3 is 1. The molecule has 0 bridgehead atoms. The van der Waals surface area contributed by atoms with Crippen LogP contribution < -0.4 is 15.2 Å². The molecule has 3 rings (SSSR count). The first kappa shape index (κ1) is 18.9. The Morgan fingerprint density at radius 2 is 1.77 bits per heavy atom. The third-order valence-electron chi connectivity index (χ3n) is 3.59. The first-order valence-corrected chi connectivity index (χ1v) is 9.56. The number of imidazole rings is 1. The number of rotatable bonds is 5. The molecule has 0 aliphatic carbocycles. The fourth-order valence-electron chi connectivity index (χ4n) is 2.39. The van der Waals surface area contributed by atoms with E-state index in [0.717, 1.165) is 12.7 Å². The minimum absolute atomic E-state index is 0.0416. The van der Waals surface area contributed by atoms with Crippen LogP contribution in [0.5, 0.6) is 28.9 Å². The van der Waals surface area contributed by atoms with Gasteiger partial charge in [-0.05, 0) is 75.0 Å². The molecule has 3 aromatic rings. The monoisotopic (exact) mass is 580 g/mol. The lowest BCUT2D eigenvalue weighted by molar-refractivity contribution is 0.369. The van der Waals surface area contributed by atoms with Crippen LogP contribution in [0.2, 0.25) is 0 Å². The standard InChI is InChI=1S/C17H14I2N2O5/c1-25-14-7-9(2-3-13(14)22)26-15-10(18)4-8(5-11(15)19)6-12-16(23)21-17(24)20-12/h2-5,7,22-23H,6H2,1H3,(H2,20,21,24). The average Bonchev–Trinajstić information content (AvgIpc) is 2.89. The van der Waals surface area contributed by atoms with Crippen molar-refractivity contribution in [2.24, 2.45) is 0 Å². The van der Waals surface area contributed by atoms with Gasteiger partial charge in [-0.3, -0.25) is 4.98 Å². The van der Waals surface area contributed by atoms with E-state index in [2.05, 4.69) is 55.1 Å². The fraction of sp³-hybridized carbons (Fsp3) is 0.118. The Morgan fingerprint density at radius 3 is 2.35 bits per heavy atom. The van der Waals surface area contributed by atoms with Crippen LogP contribution in [0.1, 0.15) is 11.3 Å². The summed E-state index contributed by atoms with van der Waals surface area (Å²) < 4.78 is 12.8. The minimum Gasteiger partial charge on any atom is -0.504 e. The normalized spacial score (nSPS) is 10.7. The molecular weight excluding hydrogens is 566 g/mol. The number of nitrogens with one attached hydrogen (secondary N) is 2. The summed E-state index contributed by atoms with van der Waals surface area (Å²) >= 11 is 4.33. The Hall–Kier alpha value is -1.89. The number of H-pyrrole nitrogens is 2. The van der Waals surface area contributed by atoms with Crippen molar-refractivity contribution < 1.29 is 19.7 Å². The summed E-state index contributed by atoms with van der Waals surface area (Å²) in [5.41, 5.74) is 0.904. The van der Waals surface area contributed by atoms with Gasteiger partial charge in [0.2, 0.25) is 5.88 Å². The van der Waals surface area contributed by atoms with Crippen LogP contribution in [-0.4, -0.2) is 27.3 Å². The van der Waals surface area contributed by atoms with Gasteiger partial charge in [0, 0.05) is 12.5 Å². The second-order valence-electron chi connectivity index (χ2n) is 5.41. The van der Waals surface area contributed by atoms with Crippen LogP contribution >= 0.6 is 45.2 Å². The molecule has 7 nitrogen and oxygen atoms in total. The van der Waals surface area contributed by atoms with Crippen LogP contribution in [-0.2, 0) is 6.42 Å². The molecular formula is C17H14I2N2O5. The molecule has 1 heterocycles. The minimum atomic E-state index is -0.442. The summed E-state index contributed by atoms with van der Waals surface area (Å²) in [7, 11) is 1.47. The van der Waals surface area contributed by atoms with Crippen molar-refractivity contribution in [3.8, 4) is 28.9 Å². The van der Waals surface area contributed by atoms with Crippen LogP contribution in [0.4, 0.5) is 0 Å². The molecule has 0 radical (unpaired) electrons. The highest BCUT2D eigenvalue weighted by atomic mass is 127. The van der Waals surface area contributed by atoms with Crippen molar-refractivity contribution in [2.45, 2.75) is 6.42 Å². The lowest BCUT2D eigenvalue weighted by Gasteiger charge is -2.13. The molecule has 0 aliphatic heterocycles. The van der Waals surface area contributed by atoms with E-state index in [4.69, 9.17) is 9.47 Å². The van der Waals surface area contributed by atoms with E-state index >= 15 is 0 Å². The third kappa shape index (κ3) is 4.09. The second-order valence-corrected chi connectivity index (χ2v) is 7.73. The van der Waals surface area contributed by atoms with E-state index in [1.165, 1.54) is 13.2 Å². The maximum Gasteiger partial charge on any atom is 0.325 e.